The van der Waals surface area contributed by atoms with Gasteiger partial charge < -0.3 is 34.6 Å². The fourth-order valence-electron chi connectivity index (χ4n) is 4.92. The van der Waals surface area contributed by atoms with Crippen LogP contribution in [0, 0.1) is 9.49 Å². The van der Waals surface area contributed by atoms with E-state index in [2.05, 4.69) is 10.2 Å². The smallest absolute Gasteiger partial charge is 0.247 e. The number of ether oxygens (including phenoxy) is 3. The molecule has 3 N–H and O–H groups in total. The number of aldehydes is 1. The van der Waals surface area contributed by atoms with E-state index in [1.165, 1.54) is 7.11 Å². The molecule has 1 heterocycles. The normalized spacial score (nSPS) is 23.5. The number of halogens is 1. The molecule has 0 radical (unpaired) electrons. The molecule has 3 aliphatic rings. The summed E-state index contributed by atoms with van der Waals surface area (Å²) in [5.41, 5.74) is 0.775. The van der Waals surface area contributed by atoms with E-state index in [0.717, 1.165) is 25.9 Å². The van der Waals surface area contributed by atoms with Gasteiger partial charge in [0.25, 0.3) is 0 Å². The Kier molecular flexibility index (Phi) is 10.6. The largest absolute Gasteiger partial charge is 0.493 e. The number of hydrogen-bond donors (Lipinski definition) is 3. The van der Waals surface area contributed by atoms with Crippen LogP contribution in [0.2, 0.25) is 0 Å². The van der Waals surface area contributed by atoms with Gasteiger partial charge in [0.05, 0.1) is 36.5 Å². The van der Waals surface area contributed by atoms with Gasteiger partial charge in [-0.05, 0) is 53.6 Å². The summed E-state index contributed by atoms with van der Waals surface area (Å²) in [6.07, 6.45) is 1.96. The molecule has 214 valence electrons. The first-order chi connectivity index (χ1) is 18.9. The molecule has 1 saturated carbocycles. The van der Waals surface area contributed by atoms with Crippen LogP contribution in [0.1, 0.15) is 29.6 Å². The van der Waals surface area contributed by atoms with E-state index in [1.54, 1.807) is 23.1 Å². The number of amides is 2. The second-order valence-corrected chi connectivity index (χ2v) is 11.1. The summed E-state index contributed by atoms with van der Waals surface area (Å²) in [7, 11) is 1.46. The molecule has 1 aromatic carbocycles. The molecular weight excluding hydrogens is 621 g/mol. The van der Waals surface area contributed by atoms with E-state index in [9.17, 15) is 24.6 Å². The molecule has 2 amide bonds. The maximum atomic E-state index is 13.5. The van der Waals surface area contributed by atoms with E-state index < -0.39 is 18.2 Å². The summed E-state index contributed by atoms with van der Waals surface area (Å²) in [5.74, 6) is 0.158. The van der Waals surface area contributed by atoms with Crippen molar-refractivity contribution in [3.8, 4) is 11.5 Å². The highest BCUT2D eigenvalue weighted by Gasteiger charge is 2.44. The van der Waals surface area contributed by atoms with Gasteiger partial charge in [0.15, 0.2) is 11.5 Å². The zero-order chi connectivity index (χ0) is 27.9. The van der Waals surface area contributed by atoms with Gasteiger partial charge in [-0.15, -0.1) is 0 Å². The Bertz CT molecular complexity index is 1070. The van der Waals surface area contributed by atoms with Gasteiger partial charge in [0, 0.05) is 56.2 Å². The molecule has 4 rings (SSSR count). The summed E-state index contributed by atoms with van der Waals surface area (Å²) in [6.45, 7) is 3.72. The number of carbonyl (C=O) groups excluding carboxylic acids is 3. The van der Waals surface area contributed by atoms with Crippen molar-refractivity contribution >= 4 is 40.7 Å². The topological polar surface area (TPSA) is 138 Å². The number of morpholine rings is 1. The minimum Gasteiger partial charge on any atom is -0.493 e. The number of rotatable bonds is 12. The summed E-state index contributed by atoms with van der Waals surface area (Å²) in [6, 6.07) is 2.49. The Balaban J connectivity index is 1.64. The van der Waals surface area contributed by atoms with Crippen LogP contribution in [0.15, 0.2) is 23.8 Å². The lowest BCUT2D eigenvalue weighted by Gasteiger charge is -2.41. The molecule has 3 unspecified atom stereocenters. The lowest BCUT2D eigenvalue weighted by atomic mass is 9.88. The van der Waals surface area contributed by atoms with E-state index in [0.29, 0.717) is 58.8 Å². The van der Waals surface area contributed by atoms with Crippen LogP contribution >= 0.6 is 22.6 Å². The van der Waals surface area contributed by atoms with Crippen LogP contribution in [-0.4, -0.2) is 116 Å². The van der Waals surface area contributed by atoms with Crippen molar-refractivity contribution in [1.82, 2.24) is 15.1 Å². The fourth-order valence-corrected chi connectivity index (χ4v) is 5.67. The van der Waals surface area contributed by atoms with Crippen molar-refractivity contribution in [3.63, 3.8) is 0 Å². The SMILES string of the molecule is COc1cc(C=O)cc(I)c1OC1C=C(C(=O)NCCO)CC(N(CCN2CCOCC2)C(=O)C2CC2)C1O. The molecular formula is C27H36IN3O8. The minimum atomic E-state index is -1.13. The molecule has 0 spiro atoms. The maximum Gasteiger partial charge on any atom is 0.247 e. The summed E-state index contributed by atoms with van der Waals surface area (Å²) >= 11 is 2.03. The van der Waals surface area contributed by atoms with E-state index in [1.807, 2.05) is 22.6 Å². The average molecular weight is 658 g/mol. The molecule has 1 aromatic rings. The second kappa shape index (κ2) is 13.9. The average Bonchev–Trinajstić information content (AvgIpc) is 3.80. The molecule has 2 fully saturated rings. The Morgan fingerprint density at radius 3 is 2.67 bits per heavy atom. The van der Waals surface area contributed by atoms with Crippen LogP contribution in [0.25, 0.3) is 0 Å². The number of nitrogens with zero attached hydrogens (tertiary/aromatic N) is 2. The molecule has 11 nitrogen and oxygen atoms in total. The van der Waals surface area contributed by atoms with Crippen LogP contribution in [0.4, 0.5) is 0 Å². The second-order valence-electron chi connectivity index (χ2n) is 9.93. The summed E-state index contributed by atoms with van der Waals surface area (Å²) < 4.78 is 17.8. The first-order valence-electron chi connectivity index (χ1n) is 13.2. The first-order valence-corrected chi connectivity index (χ1v) is 14.3. The third-order valence-electron chi connectivity index (χ3n) is 7.23. The number of methoxy groups -OCH3 is 1. The van der Waals surface area contributed by atoms with Crippen molar-refractivity contribution in [2.24, 2.45) is 5.92 Å². The molecule has 3 atom stereocenters. The number of aliphatic hydroxyl groups is 2. The Labute approximate surface area is 241 Å². The van der Waals surface area contributed by atoms with Crippen molar-refractivity contribution in [2.45, 2.75) is 37.5 Å². The third kappa shape index (κ3) is 7.48. The zero-order valence-electron chi connectivity index (χ0n) is 22.0. The van der Waals surface area contributed by atoms with Gasteiger partial charge in [-0.25, -0.2) is 0 Å². The molecule has 39 heavy (non-hydrogen) atoms. The summed E-state index contributed by atoms with van der Waals surface area (Å²) in [4.78, 5) is 41.8. The standard InChI is InChI=1S/C27H36IN3O8/c1-37-23-13-17(16-33)12-20(28)25(23)39-22-15-19(26(35)29-4-9-32)14-21(24(22)34)31(27(36)18-2-3-18)6-5-30-7-10-38-11-8-30/h12-13,15-16,18,21-22,24,32,34H,2-11,14H2,1H3,(H,29,35). The monoisotopic (exact) mass is 657 g/mol. The third-order valence-corrected chi connectivity index (χ3v) is 8.03. The Morgan fingerprint density at radius 2 is 2.03 bits per heavy atom. The highest BCUT2D eigenvalue weighted by atomic mass is 127. The van der Waals surface area contributed by atoms with Gasteiger partial charge in [-0.1, -0.05) is 0 Å². The lowest BCUT2D eigenvalue weighted by Crippen LogP contribution is -2.57. The van der Waals surface area contributed by atoms with Crippen LogP contribution in [-0.2, 0) is 14.3 Å². The van der Waals surface area contributed by atoms with E-state index in [-0.39, 0.29) is 37.3 Å². The van der Waals surface area contributed by atoms with Crippen LogP contribution in [0.3, 0.4) is 0 Å². The number of hydrogen-bond acceptors (Lipinski definition) is 9. The predicted octanol–water partition coefficient (Wildman–Crippen LogP) is 0.599. The highest BCUT2D eigenvalue weighted by Crippen LogP contribution is 2.38. The predicted molar refractivity (Wildman–Crippen MR) is 150 cm³/mol. The Morgan fingerprint density at radius 1 is 1.28 bits per heavy atom. The van der Waals surface area contributed by atoms with Crippen LogP contribution < -0.4 is 14.8 Å². The first kappa shape index (κ1) is 29.7. The van der Waals surface area contributed by atoms with Gasteiger partial charge in [-0.3, -0.25) is 19.3 Å². The number of carbonyl (C=O) groups is 3. The number of nitrogens with one attached hydrogen (secondary N) is 1. The van der Waals surface area contributed by atoms with Gasteiger partial charge in [-0.2, -0.15) is 0 Å². The molecule has 0 aromatic heterocycles. The molecule has 2 aliphatic carbocycles. The molecule has 1 saturated heterocycles. The van der Waals surface area contributed by atoms with E-state index in [4.69, 9.17) is 14.2 Å². The zero-order valence-corrected chi connectivity index (χ0v) is 24.2. The molecule has 12 heteroatoms. The molecule has 0 bridgehead atoms. The van der Waals surface area contributed by atoms with Crippen molar-refractivity contribution < 1.29 is 38.8 Å². The Hall–Kier alpha value is -2.26. The number of aliphatic hydroxyl groups excluding tert-OH is 2. The summed E-state index contributed by atoms with van der Waals surface area (Å²) in [5, 5.41) is 23.5. The lowest BCUT2D eigenvalue weighted by molar-refractivity contribution is -0.140. The minimum absolute atomic E-state index is 0.0226. The van der Waals surface area contributed by atoms with Crippen molar-refractivity contribution in [2.75, 3.05) is 59.7 Å². The number of benzene rings is 1. The quantitative estimate of drug-likeness (QED) is 0.218. The fraction of sp³-hybridized carbons (Fsp3) is 0.593. The maximum absolute atomic E-state index is 13.5. The van der Waals surface area contributed by atoms with Crippen LogP contribution in [0.5, 0.6) is 11.5 Å². The highest BCUT2D eigenvalue weighted by molar-refractivity contribution is 14.1. The van der Waals surface area contributed by atoms with Gasteiger partial charge >= 0.3 is 0 Å². The van der Waals surface area contributed by atoms with Gasteiger partial charge in [0.1, 0.15) is 18.5 Å². The van der Waals surface area contributed by atoms with Crippen molar-refractivity contribution in [1.29, 1.82) is 0 Å². The van der Waals surface area contributed by atoms with Crippen molar-refractivity contribution in [3.05, 3.63) is 32.9 Å². The van der Waals surface area contributed by atoms with Gasteiger partial charge in [0.2, 0.25) is 11.8 Å². The van der Waals surface area contributed by atoms with E-state index >= 15 is 0 Å². The molecule has 1 aliphatic heterocycles.